The molecule has 0 bridgehead atoms. The Hall–Kier alpha value is -2.30. The van der Waals surface area contributed by atoms with Crippen molar-refractivity contribution in [3.05, 3.63) is 47.7 Å². The van der Waals surface area contributed by atoms with Crippen LogP contribution in [0.25, 0.3) is 0 Å². The van der Waals surface area contributed by atoms with Crippen molar-refractivity contribution in [3.8, 4) is 0 Å². The highest BCUT2D eigenvalue weighted by atomic mass is 16.4. The maximum Gasteiger partial charge on any atom is 0.371 e. The highest BCUT2D eigenvalue weighted by molar-refractivity contribution is 5.95. The van der Waals surface area contributed by atoms with Gasteiger partial charge in [0.2, 0.25) is 11.7 Å². The Bertz CT molecular complexity index is 411. The zero-order chi connectivity index (χ0) is 12.0. The van der Waals surface area contributed by atoms with Gasteiger partial charge in [-0.2, -0.15) is 0 Å². The largest absolute Gasteiger partial charge is 0.502 e. The molecule has 0 atom stereocenters. The van der Waals surface area contributed by atoms with Crippen molar-refractivity contribution >= 4 is 11.9 Å². The van der Waals surface area contributed by atoms with Gasteiger partial charge >= 0.3 is 5.97 Å². The second kappa shape index (κ2) is 5.55. The molecule has 0 heterocycles. The molecule has 0 aromatic heterocycles. The van der Waals surface area contributed by atoms with Crippen LogP contribution < -0.4 is 5.32 Å². The van der Waals surface area contributed by atoms with E-state index in [9.17, 15) is 9.59 Å². The van der Waals surface area contributed by atoms with Crippen molar-refractivity contribution in [2.75, 3.05) is 0 Å². The number of benzene rings is 1. The summed E-state index contributed by atoms with van der Waals surface area (Å²) in [6.07, 6.45) is 0.630. The topological polar surface area (TPSA) is 86.6 Å². The summed E-state index contributed by atoms with van der Waals surface area (Å²) in [5, 5.41) is 19.6. The normalized spacial score (nSPS) is 10.9. The molecule has 1 amide bonds. The van der Waals surface area contributed by atoms with Crippen LogP contribution in [0, 0.1) is 0 Å². The van der Waals surface area contributed by atoms with E-state index in [-0.39, 0.29) is 6.54 Å². The first-order valence-electron chi connectivity index (χ1n) is 4.55. The number of hydrogen-bond acceptors (Lipinski definition) is 3. The van der Waals surface area contributed by atoms with Crippen LogP contribution in [-0.2, 0) is 16.1 Å². The average Bonchev–Trinajstić information content (AvgIpc) is 2.27. The molecule has 0 aliphatic heterocycles. The Morgan fingerprint density at radius 3 is 2.38 bits per heavy atom. The fourth-order valence-electron chi connectivity index (χ4n) is 1.02. The number of carboxylic acid groups (broad SMARTS) is 1. The van der Waals surface area contributed by atoms with Crippen molar-refractivity contribution in [2.45, 2.75) is 6.54 Å². The first kappa shape index (κ1) is 11.8. The first-order valence-corrected chi connectivity index (χ1v) is 4.55. The maximum atomic E-state index is 11.1. The molecule has 5 nitrogen and oxygen atoms in total. The molecule has 84 valence electrons. The van der Waals surface area contributed by atoms with E-state index in [1.165, 1.54) is 0 Å². The predicted molar refractivity (Wildman–Crippen MR) is 56.6 cm³/mol. The lowest BCUT2D eigenvalue weighted by Gasteiger charge is -2.01. The number of aliphatic hydroxyl groups excluding tert-OH is 1. The van der Waals surface area contributed by atoms with E-state index in [2.05, 4.69) is 5.32 Å². The van der Waals surface area contributed by atoms with Gasteiger partial charge in [0, 0.05) is 6.54 Å². The minimum atomic E-state index is -1.53. The van der Waals surface area contributed by atoms with E-state index in [0.717, 1.165) is 5.56 Å². The third kappa shape index (κ3) is 3.83. The molecule has 1 aromatic rings. The van der Waals surface area contributed by atoms with Crippen LogP contribution in [0.15, 0.2) is 42.2 Å². The molecule has 0 aliphatic carbocycles. The number of aliphatic hydroxyl groups is 1. The second-order valence-corrected chi connectivity index (χ2v) is 3.04. The lowest BCUT2D eigenvalue weighted by atomic mass is 10.2. The number of carbonyl (C=O) groups is 2. The van der Waals surface area contributed by atoms with Crippen molar-refractivity contribution in [2.24, 2.45) is 0 Å². The smallest absolute Gasteiger partial charge is 0.371 e. The van der Waals surface area contributed by atoms with Crippen molar-refractivity contribution in [1.29, 1.82) is 0 Å². The summed E-state index contributed by atoms with van der Waals surface area (Å²) in [7, 11) is 0. The van der Waals surface area contributed by atoms with Crippen LogP contribution in [0.3, 0.4) is 0 Å². The summed E-state index contributed by atoms with van der Waals surface area (Å²) in [4.78, 5) is 21.3. The summed E-state index contributed by atoms with van der Waals surface area (Å²) in [5.41, 5.74) is 0.888. The van der Waals surface area contributed by atoms with E-state index in [4.69, 9.17) is 10.2 Å². The Kier molecular flexibility index (Phi) is 4.08. The monoisotopic (exact) mass is 221 g/mol. The molecular formula is C11H11NO4. The van der Waals surface area contributed by atoms with Gasteiger partial charge in [0.15, 0.2) is 0 Å². The molecule has 0 aliphatic rings. The Balaban J connectivity index is 2.48. The van der Waals surface area contributed by atoms with Gasteiger partial charge in [-0.15, -0.1) is 0 Å². The van der Waals surface area contributed by atoms with Gasteiger partial charge in [-0.05, 0) is 5.56 Å². The fraction of sp³-hybridized carbons (Fsp3) is 0.0909. The first-order chi connectivity index (χ1) is 7.59. The van der Waals surface area contributed by atoms with Crippen molar-refractivity contribution in [3.63, 3.8) is 0 Å². The lowest BCUT2D eigenvalue weighted by Crippen LogP contribution is -2.21. The third-order valence-corrected chi connectivity index (χ3v) is 1.80. The van der Waals surface area contributed by atoms with Gasteiger partial charge < -0.3 is 15.5 Å². The zero-order valence-corrected chi connectivity index (χ0v) is 8.38. The fourth-order valence-corrected chi connectivity index (χ4v) is 1.02. The molecule has 3 N–H and O–H groups in total. The highest BCUT2D eigenvalue weighted by Gasteiger charge is 2.06. The van der Waals surface area contributed by atoms with Crippen LogP contribution in [0.5, 0.6) is 0 Å². The Morgan fingerprint density at radius 2 is 1.81 bits per heavy atom. The molecule has 0 saturated carbocycles. The molecule has 0 spiro atoms. The minimum Gasteiger partial charge on any atom is -0.502 e. The molecule has 0 unspecified atom stereocenters. The summed E-state index contributed by atoms with van der Waals surface area (Å²) in [6, 6.07) is 9.14. The number of aliphatic carboxylic acids is 1. The third-order valence-electron chi connectivity index (χ3n) is 1.80. The molecule has 5 heteroatoms. The number of nitrogens with one attached hydrogen (secondary N) is 1. The molecule has 0 radical (unpaired) electrons. The SMILES string of the molecule is O=C(/C=C(\O)C(=O)O)NCc1ccccc1. The van der Waals surface area contributed by atoms with Gasteiger partial charge in [0.25, 0.3) is 0 Å². The van der Waals surface area contributed by atoms with Gasteiger partial charge in [0.1, 0.15) is 0 Å². The zero-order valence-electron chi connectivity index (χ0n) is 8.38. The standard InChI is InChI=1S/C11H11NO4/c13-9(11(15)16)6-10(14)12-7-8-4-2-1-3-5-8/h1-6,13H,7H2,(H,12,14)(H,15,16)/b9-6-. The Morgan fingerprint density at radius 1 is 1.19 bits per heavy atom. The molecular weight excluding hydrogens is 210 g/mol. The van der Waals surface area contributed by atoms with E-state index < -0.39 is 17.6 Å². The number of carbonyl (C=O) groups excluding carboxylic acids is 1. The van der Waals surface area contributed by atoms with Gasteiger partial charge in [-0.1, -0.05) is 30.3 Å². The molecule has 0 saturated heterocycles. The van der Waals surface area contributed by atoms with Crippen LogP contribution in [0.2, 0.25) is 0 Å². The number of rotatable bonds is 4. The van der Waals surface area contributed by atoms with Crippen LogP contribution in [0.4, 0.5) is 0 Å². The van der Waals surface area contributed by atoms with Crippen LogP contribution >= 0.6 is 0 Å². The van der Waals surface area contributed by atoms with Gasteiger partial charge in [-0.25, -0.2) is 4.79 Å². The van der Waals surface area contributed by atoms with Crippen LogP contribution in [0.1, 0.15) is 5.56 Å². The summed E-state index contributed by atoms with van der Waals surface area (Å²) in [5.74, 6) is -3.16. The molecule has 0 fully saturated rings. The van der Waals surface area contributed by atoms with E-state index in [1.54, 1.807) is 0 Å². The quantitative estimate of drug-likeness (QED) is 0.519. The molecule has 1 aromatic carbocycles. The number of amides is 1. The van der Waals surface area contributed by atoms with Gasteiger partial charge in [0.05, 0.1) is 6.08 Å². The van der Waals surface area contributed by atoms with E-state index in [0.29, 0.717) is 6.08 Å². The van der Waals surface area contributed by atoms with Crippen LogP contribution in [-0.4, -0.2) is 22.1 Å². The number of carboxylic acids is 1. The molecule has 1 rings (SSSR count). The Labute approximate surface area is 92.0 Å². The lowest BCUT2D eigenvalue weighted by molar-refractivity contribution is -0.136. The van der Waals surface area contributed by atoms with E-state index >= 15 is 0 Å². The highest BCUT2D eigenvalue weighted by Crippen LogP contribution is 1.97. The van der Waals surface area contributed by atoms with Crippen molar-refractivity contribution < 1.29 is 19.8 Å². The summed E-state index contributed by atoms with van der Waals surface area (Å²) in [6.45, 7) is 0.281. The maximum absolute atomic E-state index is 11.1. The summed E-state index contributed by atoms with van der Waals surface area (Å²) < 4.78 is 0. The number of hydrogen-bond donors (Lipinski definition) is 3. The predicted octanol–water partition coefficient (Wildman–Crippen LogP) is 0.829. The van der Waals surface area contributed by atoms with Gasteiger partial charge in [-0.3, -0.25) is 4.79 Å². The molecule has 16 heavy (non-hydrogen) atoms. The second-order valence-electron chi connectivity index (χ2n) is 3.04. The minimum absolute atomic E-state index is 0.281. The van der Waals surface area contributed by atoms with Crippen molar-refractivity contribution in [1.82, 2.24) is 5.32 Å². The van der Waals surface area contributed by atoms with E-state index in [1.807, 2.05) is 30.3 Å². The average molecular weight is 221 g/mol. The summed E-state index contributed by atoms with van der Waals surface area (Å²) >= 11 is 0.